The van der Waals surface area contributed by atoms with Gasteiger partial charge in [-0.05, 0) is 165 Å². The first-order valence-corrected chi connectivity index (χ1v) is 30.1. The highest BCUT2D eigenvalue weighted by atomic mass is 79.9. The molecule has 0 radical (unpaired) electrons. The first-order chi connectivity index (χ1) is 33.1. The number of fused-ring (bicyclic) bond motifs is 6. The molecule has 0 unspecified atom stereocenters. The molecule has 0 heterocycles. The minimum absolute atomic E-state index is 1.11. The molecule has 0 saturated heterocycles. The number of rotatable bonds is 7. The average Bonchev–Trinajstić information content (AvgIpc) is 3.37. The fraction of sp³-hybridized carbons (Fsp3) is 0.0625. The summed E-state index contributed by atoms with van der Waals surface area (Å²) in [7, 11) is -4.43. The first-order valence-electron chi connectivity index (χ1n) is 23.5. The Morgan fingerprint density at radius 3 is 0.750 bits per heavy atom. The second-order valence-electron chi connectivity index (χ2n) is 18.9. The van der Waals surface area contributed by atoms with Gasteiger partial charge in [0.2, 0.25) is 16.6 Å². The number of halogens is 1. The van der Waals surface area contributed by atoms with Gasteiger partial charge in [0.1, 0.15) is 0 Å². The Hall–Kier alpha value is -6.93. The summed E-state index contributed by atoms with van der Waals surface area (Å²) in [5, 5.41) is 18.1. The van der Waals surface area contributed by atoms with Crippen LogP contribution in [0.3, 0.4) is 0 Å². The molecule has 12 aromatic carbocycles. The van der Waals surface area contributed by atoms with E-state index in [0.29, 0.717) is 0 Å². The van der Waals surface area contributed by atoms with E-state index in [1.807, 2.05) is 0 Å². The van der Waals surface area contributed by atoms with Crippen molar-refractivity contribution in [2.75, 3.05) is 0 Å². The molecule has 328 valence electrons. The van der Waals surface area contributed by atoms with Crippen molar-refractivity contribution < 1.29 is 4.12 Å². The lowest BCUT2D eigenvalue weighted by atomic mass is 9.92. The van der Waals surface area contributed by atoms with Gasteiger partial charge in [0, 0.05) is 4.47 Å². The van der Waals surface area contributed by atoms with Crippen molar-refractivity contribution in [3.8, 4) is 33.4 Å². The molecule has 0 aliphatic rings. The predicted octanol–water partition coefficient (Wildman–Crippen LogP) is 17.6. The third-order valence-corrected chi connectivity index (χ3v) is 21.8. The molecule has 68 heavy (non-hydrogen) atoms. The van der Waals surface area contributed by atoms with E-state index in [1.54, 1.807) is 0 Å². The van der Waals surface area contributed by atoms with Gasteiger partial charge >= 0.3 is 0 Å². The fourth-order valence-corrected chi connectivity index (χ4v) is 18.7. The van der Waals surface area contributed by atoms with E-state index in [2.05, 4.69) is 279 Å². The number of hydrogen-bond acceptors (Lipinski definition) is 1. The van der Waals surface area contributed by atoms with E-state index < -0.39 is 16.6 Å². The quantitative estimate of drug-likeness (QED) is 0.114. The van der Waals surface area contributed by atoms with Crippen LogP contribution in [0, 0.1) is 0 Å². The van der Waals surface area contributed by atoms with Crippen LogP contribution in [0.5, 0.6) is 0 Å². The Bertz CT molecular complexity index is 3490. The van der Waals surface area contributed by atoms with Crippen LogP contribution in [0.25, 0.3) is 98.0 Å². The van der Waals surface area contributed by atoms with Crippen molar-refractivity contribution in [2.24, 2.45) is 0 Å². The van der Waals surface area contributed by atoms with Gasteiger partial charge in [-0.3, -0.25) is 0 Å². The maximum atomic E-state index is 7.25. The summed E-state index contributed by atoms with van der Waals surface area (Å²) < 4.78 is 8.35. The number of hydrogen-bond donors (Lipinski definition) is 0. The topological polar surface area (TPSA) is 9.23 Å². The Balaban J connectivity index is 0.000000200. The van der Waals surface area contributed by atoms with Gasteiger partial charge in [0.25, 0.3) is 0 Å². The van der Waals surface area contributed by atoms with Crippen LogP contribution in [0.4, 0.5) is 0 Å². The van der Waals surface area contributed by atoms with Gasteiger partial charge in [-0.2, -0.15) is 0 Å². The normalized spacial score (nSPS) is 12.0. The lowest BCUT2D eigenvalue weighted by molar-refractivity contribution is 0.573. The summed E-state index contributed by atoms with van der Waals surface area (Å²) in [4.78, 5) is 0. The molecular weight excluding hydrogens is 921 g/mol. The second-order valence-corrected chi connectivity index (χ2v) is 27.8. The Labute approximate surface area is 409 Å². The van der Waals surface area contributed by atoms with Crippen LogP contribution in [-0.2, 0) is 4.12 Å². The molecule has 0 amide bonds. The lowest BCUT2D eigenvalue weighted by Gasteiger charge is -2.34. The van der Waals surface area contributed by atoms with Crippen molar-refractivity contribution in [3.63, 3.8) is 0 Å². The third-order valence-electron chi connectivity index (χ3n) is 13.7. The molecule has 0 spiro atoms. The zero-order valence-electron chi connectivity index (χ0n) is 38.8. The largest absolute Gasteiger partial charge is 0.449 e. The minimum atomic E-state index is -2.22. The van der Waals surface area contributed by atoms with Gasteiger partial charge in [0.15, 0.2) is 0 Å². The van der Waals surface area contributed by atoms with Crippen LogP contribution in [0.1, 0.15) is 0 Å². The van der Waals surface area contributed by atoms with E-state index in [-0.39, 0.29) is 0 Å². The molecular formula is C64H51BrOSi2. The van der Waals surface area contributed by atoms with Crippen molar-refractivity contribution in [3.05, 3.63) is 241 Å². The van der Waals surface area contributed by atoms with Crippen LogP contribution in [0.2, 0.25) is 26.2 Å². The summed E-state index contributed by atoms with van der Waals surface area (Å²) in [6, 6.07) is 86.0. The zero-order chi connectivity index (χ0) is 46.4. The van der Waals surface area contributed by atoms with E-state index in [0.717, 1.165) is 4.47 Å². The third kappa shape index (κ3) is 8.28. The van der Waals surface area contributed by atoms with Gasteiger partial charge in [0.05, 0.1) is 0 Å². The van der Waals surface area contributed by atoms with Crippen LogP contribution in [-0.4, -0.2) is 16.6 Å². The average molecular weight is 972 g/mol. The molecule has 0 fully saturated rings. The summed E-state index contributed by atoms with van der Waals surface area (Å²) in [6.07, 6.45) is 0. The molecule has 4 heteroatoms. The highest BCUT2D eigenvalue weighted by Crippen LogP contribution is 2.39. The summed E-state index contributed by atoms with van der Waals surface area (Å²) in [6.45, 7) is 9.39. The van der Waals surface area contributed by atoms with Crippen molar-refractivity contribution in [1.29, 1.82) is 0 Å². The van der Waals surface area contributed by atoms with Gasteiger partial charge in [-0.15, -0.1) is 0 Å². The smallest absolute Gasteiger partial charge is 0.206 e. The zero-order valence-corrected chi connectivity index (χ0v) is 42.4. The second kappa shape index (κ2) is 17.9. The van der Waals surface area contributed by atoms with Gasteiger partial charge in [-0.25, -0.2) is 0 Å². The number of benzene rings is 12. The molecule has 0 saturated carbocycles. The van der Waals surface area contributed by atoms with E-state index >= 15 is 0 Å². The van der Waals surface area contributed by atoms with Crippen molar-refractivity contribution >= 4 is 108 Å². The van der Waals surface area contributed by atoms with Crippen LogP contribution < -0.4 is 10.4 Å². The molecule has 1 nitrogen and oxygen atoms in total. The molecule has 0 aromatic heterocycles. The summed E-state index contributed by atoms with van der Waals surface area (Å²) >= 11 is 3.52. The van der Waals surface area contributed by atoms with E-state index in [9.17, 15) is 0 Å². The summed E-state index contributed by atoms with van der Waals surface area (Å²) in [5.41, 5.74) is 7.68. The molecule has 0 atom stereocenters. The molecule has 12 rings (SSSR count). The molecule has 0 aliphatic heterocycles. The van der Waals surface area contributed by atoms with Gasteiger partial charge in [-0.1, -0.05) is 222 Å². The first kappa shape index (κ1) is 43.6. The SMILES string of the molecule is Brc1ccc(-c2c3ccccc3cc3ccccc23)cc1.C[Si](C)(O[Si](C)(C)c1ccc(-c2c3ccccc3cc3ccccc23)cc1)c1ccc(-c2c3ccccc3cc3ccccc23)cc1. The Morgan fingerprint density at radius 2 is 0.500 bits per heavy atom. The Kier molecular flexibility index (Phi) is 11.5. The molecule has 0 bridgehead atoms. The molecule has 0 aliphatic carbocycles. The van der Waals surface area contributed by atoms with Crippen LogP contribution >= 0.6 is 15.9 Å². The maximum Gasteiger partial charge on any atom is 0.206 e. The highest BCUT2D eigenvalue weighted by Gasteiger charge is 2.36. The summed E-state index contributed by atoms with van der Waals surface area (Å²) in [5.74, 6) is 0. The lowest BCUT2D eigenvalue weighted by Crippen LogP contribution is -2.57. The minimum Gasteiger partial charge on any atom is -0.449 e. The van der Waals surface area contributed by atoms with E-state index in [1.165, 1.54) is 108 Å². The van der Waals surface area contributed by atoms with Crippen molar-refractivity contribution in [1.82, 2.24) is 0 Å². The molecule has 0 N–H and O–H groups in total. The van der Waals surface area contributed by atoms with Gasteiger partial charge < -0.3 is 4.12 Å². The standard InChI is InChI=1S/C44H38OSi2.C20H13Br/c1-46(2,37-25-21-31(22-26-37)43-39-17-9-5-13-33(39)29-34-14-6-10-18-40(34)43)45-47(3,4)38-27-23-32(24-28-38)44-41-19-11-7-15-35(41)30-36-16-8-12-20-42(36)44;21-17-11-9-14(10-12-17)20-18-7-3-1-5-15(18)13-16-6-2-4-8-19(16)20/h5-30H,1-4H3;1-13H. The Morgan fingerprint density at radius 1 is 0.279 bits per heavy atom. The van der Waals surface area contributed by atoms with Crippen molar-refractivity contribution in [2.45, 2.75) is 26.2 Å². The highest BCUT2D eigenvalue weighted by molar-refractivity contribution is 9.10. The maximum absolute atomic E-state index is 7.25. The van der Waals surface area contributed by atoms with Crippen LogP contribution in [0.15, 0.2) is 241 Å². The fourth-order valence-electron chi connectivity index (χ4n) is 10.4. The molecule has 12 aromatic rings. The monoisotopic (exact) mass is 970 g/mol. The van der Waals surface area contributed by atoms with E-state index in [4.69, 9.17) is 4.12 Å². The predicted molar refractivity (Wildman–Crippen MR) is 304 cm³/mol.